The molecule has 7 nitrogen and oxygen atoms in total. The molecule has 3 aromatic rings. The lowest BCUT2D eigenvalue weighted by atomic mass is 10.2. The van der Waals surface area contributed by atoms with Gasteiger partial charge in [-0.15, -0.1) is 0 Å². The van der Waals surface area contributed by atoms with Gasteiger partial charge in [0.15, 0.2) is 0 Å². The van der Waals surface area contributed by atoms with Gasteiger partial charge in [0.05, 0.1) is 22.8 Å². The number of carbonyl (C=O) groups is 1. The molecule has 1 saturated heterocycles. The maximum absolute atomic E-state index is 13.1. The van der Waals surface area contributed by atoms with Crippen molar-refractivity contribution in [3.8, 4) is 0 Å². The van der Waals surface area contributed by atoms with Crippen LogP contribution >= 0.6 is 0 Å². The number of hydrogen-bond acceptors (Lipinski definition) is 4. The summed E-state index contributed by atoms with van der Waals surface area (Å²) in [6.45, 7) is 2.77. The molecule has 138 valence electrons. The lowest BCUT2D eigenvalue weighted by Gasteiger charge is -2.32. The van der Waals surface area contributed by atoms with Crippen LogP contribution < -0.4 is 0 Å². The van der Waals surface area contributed by atoms with Crippen LogP contribution in [-0.2, 0) is 17.1 Å². The Morgan fingerprint density at radius 3 is 2.31 bits per heavy atom. The summed E-state index contributed by atoms with van der Waals surface area (Å²) in [5, 5.41) is 0.827. The van der Waals surface area contributed by atoms with E-state index in [9.17, 15) is 13.2 Å². The number of piperazine rings is 1. The summed E-state index contributed by atoms with van der Waals surface area (Å²) in [6.07, 6.45) is 1.15. The molecule has 0 spiro atoms. The Balaban J connectivity index is 1.96. The van der Waals surface area contributed by atoms with E-state index >= 15 is 0 Å². The van der Waals surface area contributed by atoms with Crippen molar-refractivity contribution in [3.05, 3.63) is 36.0 Å². The first-order valence-electron chi connectivity index (χ1n) is 8.56. The van der Waals surface area contributed by atoms with Gasteiger partial charge in [-0.05, 0) is 19.2 Å². The smallest absolute Gasteiger partial charge is 0.271 e. The van der Waals surface area contributed by atoms with Crippen molar-refractivity contribution in [1.82, 2.24) is 18.3 Å². The molecule has 1 amide bonds. The van der Waals surface area contributed by atoms with Crippen LogP contribution in [0.2, 0.25) is 0 Å². The van der Waals surface area contributed by atoms with E-state index in [-0.39, 0.29) is 11.6 Å². The van der Waals surface area contributed by atoms with Gasteiger partial charge in [-0.2, -0.15) is 0 Å². The number of carbonyl (C=O) groups excluding carboxylic acids is 1. The molecular weight excluding hydrogens is 352 g/mol. The molecule has 1 aliphatic heterocycles. The number of rotatable bonds is 2. The fourth-order valence-corrected chi connectivity index (χ4v) is 4.76. The molecule has 4 rings (SSSR count). The van der Waals surface area contributed by atoms with Gasteiger partial charge < -0.3 is 14.4 Å². The highest BCUT2D eigenvalue weighted by Crippen LogP contribution is 2.32. The second-order valence-corrected chi connectivity index (χ2v) is 8.79. The zero-order chi connectivity index (χ0) is 18.6. The van der Waals surface area contributed by atoms with Gasteiger partial charge in [-0.1, -0.05) is 18.2 Å². The van der Waals surface area contributed by atoms with Crippen LogP contribution in [0.25, 0.3) is 21.9 Å². The molecule has 0 N–H and O–H groups in total. The largest absolute Gasteiger partial charge is 0.342 e. The highest BCUT2D eigenvalue weighted by molar-refractivity contribution is 7.89. The molecule has 1 aromatic carbocycles. The molecular formula is C18H22N4O3S. The van der Waals surface area contributed by atoms with E-state index < -0.39 is 10.0 Å². The van der Waals surface area contributed by atoms with Crippen molar-refractivity contribution in [2.75, 3.05) is 39.5 Å². The minimum Gasteiger partial charge on any atom is -0.342 e. The average Bonchev–Trinajstić information content (AvgIpc) is 3.12. The third-order valence-electron chi connectivity index (χ3n) is 5.16. The highest BCUT2D eigenvalue weighted by atomic mass is 32.2. The summed E-state index contributed by atoms with van der Waals surface area (Å²) in [4.78, 5) is 17.0. The minimum atomic E-state index is -3.64. The molecule has 8 heteroatoms. The summed E-state index contributed by atoms with van der Waals surface area (Å²) in [6, 6.07) is 9.34. The quantitative estimate of drug-likeness (QED) is 0.679. The van der Waals surface area contributed by atoms with Gasteiger partial charge in [0.25, 0.3) is 5.91 Å². The molecule has 26 heavy (non-hydrogen) atoms. The van der Waals surface area contributed by atoms with Crippen molar-refractivity contribution < 1.29 is 13.2 Å². The van der Waals surface area contributed by atoms with E-state index in [1.807, 2.05) is 42.9 Å². The molecule has 0 unspecified atom stereocenters. The molecule has 1 aliphatic rings. The summed E-state index contributed by atoms with van der Waals surface area (Å²) < 4.78 is 28.3. The van der Waals surface area contributed by atoms with Gasteiger partial charge in [0.1, 0.15) is 5.69 Å². The van der Waals surface area contributed by atoms with Crippen molar-refractivity contribution >= 4 is 37.9 Å². The van der Waals surface area contributed by atoms with E-state index in [2.05, 4.69) is 4.90 Å². The van der Waals surface area contributed by atoms with Crippen LogP contribution in [0.1, 0.15) is 10.5 Å². The number of fused-ring (bicyclic) bond motifs is 3. The molecule has 0 bridgehead atoms. The monoisotopic (exact) mass is 374 g/mol. The fourth-order valence-electron chi connectivity index (χ4n) is 3.74. The SMILES string of the molecule is CN1CCN(C(=O)c2cc3c(c4ccccc4n3C)n2S(C)(=O)=O)CC1. The third kappa shape index (κ3) is 2.52. The minimum absolute atomic E-state index is 0.211. The van der Waals surface area contributed by atoms with Crippen molar-refractivity contribution in [1.29, 1.82) is 0 Å². The molecule has 2 aromatic heterocycles. The van der Waals surface area contributed by atoms with Crippen molar-refractivity contribution in [3.63, 3.8) is 0 Å². The first-order chi connectivity index (χ1) is 12.3. The van der Waals surface area contributed by atoms with Gasteiger partial charge in [-0.25, -0.2) is 12.4 Å². The number of aromatic nitrogens is 2. The zero-order valence-electron chi connectivity index (χ0n) is 15.1. The standard InChI is InChI=1S/C18H22N4O3S/c1-19-8-10-21(11-9-19)18(23)16-12-15-17(22(16)26(3,24)25)13-6-4-5-7-14(13)20(15)2/h4-7,12H,8-11H2,1-3H3. The molecule has 1 fully saturated rings. The van der Waals surface area contributed by atoms with Crippen LogP contribution in [0.15, 0.2) is 30.3 Å². The third-order valence-corrected chi connectivity index (χ3v) is 6.20. The maximum atomic E-state index is 13.1. The van der Waals surface area contributed by atoms with Crippen LogP contribution in [0.3, 0.4) is 0 Å². The van der Waals surface area contributed by atoms with Gasteiger partial charge >= 0.3 is 0 Å². The molecule has 0 radical (unpaired) electrons. The predicted molar refractivity (Wildman–Crippen MR) is 102 cm³/mol. The Labute approximate surface area is 152 Å². The van der Waals surface area contributed by atoms with Crippen molar-refractivity contribution in [2.45, 2.75) is 0 Å². The average molecular weight is 374 g/mol. The molecule has 3 heterocycles. The number of likely N-dealkylation sites (N-methyl/N-ethyl adjacent to an activating group) is 1. The number of amides is 1. The van der Waals surface area contributed by atoms with E-state index in [0.29, 0.717) is 18.6 Å². The maximum Gasteiger partial charge on any atom is 0.271 e. The molecule has 0 saturated carbocycles. The van der Waals surface area contributed by atoms with Crippen LogP contribution in [0, 0.1) is 0 Å². The Bertz CT molecular complexity index is 1120. The Kier molecular flexibility index (Phi) is 3.85. The molecule has 0 atom stereocenters. The molecule has 0 aliphatic carbocycles. The highest BCUT2D eigenvalue weighted by Gasteiger charge is 2.29. The normalized spacial score (nSPS) is 16.7. The first kappa shape index (κ1) is 17.1. The number of aryl methyl sites for hydroxylation is 1. The topological polar surface area (TPSA) is 67.5 Å². The van der Waals surface area contributed by atoms with Crippen molar-refractivity contribution in [2.24, 2.45) is 7.05 Å². The van der Waals surface area contributed by atoms with Gasteiger partial charge in [-0.3, -0.25) is 4.79 Å². The second kappa shape index (κ2) is 5.85. The van der Waals surface area contributed by atoms with Crippen LogP contribution in [0.5, 0.6) is 0 Å². The summed E-state index contributed by atoms with van der Waals surface area (Å²) >= 11 is 0. The van der Waals surface area contributed by atoms with E-state index in [0.717, 1.165) is 35.8 Å². The Morgan fingerprint density at radius 2 is 1.65 bits per heavy atom. The van der Waals surface area contributed by atoms with Crippen LogP contribution in [0.4, 0.5) is 0 Å². The summed E-state index contributed by atoms with van der Waals surface area (Å²) in [5.74, 6) is -0.233. The Hall–Kier alpha value is -2.32. The Morgan fingerprint density at radius 1 is 1.00 bits per heavy atom. The van der Waals surface area contributed by atoms with Gasteiger partial charge in [0, 0.05) is 38.6 Å². The first-order valence-corrected chi connectivity index (χ1v) is 10.4. The summed E-state index contributed by atoms with van der Waals surface area (Å²) in [7, 11) is 0.262. The predicted octanol–water partition coefficient (Wildman–Crippen LogP) is 1.33. The van der Waals surface area contributed by atoms with E-state index in [1.54, 1.807) is 11.0 Å². The fraction of sp³-hybridized carbons (Fsp3) is 0.389. The number of benzene rings is 1. The van der Waals surface area contributed by atoms with Gasteiger partial charge in [0.2, 0.25) is 10.0 Å². The number of nitrogens with zero attached hydrogens (tertiary/aromatic N) is 4. The zero-order valence-corrected chi connectivity index (χ0v) is 16.0. The number of hydrogen-bond donors (Lipinski definition) is 0. The van der Waals surface area contributed by atoms with E-state index in [4.69, 9.17) is 0 Å². The second-order valence-electron chi connectivity index (χ2n) is 6.96. The van der Waals surface area contributed by atoms with E-state index in [1.165, 1.54) is 3.97 Å². The summed E-state index contributed by atoms with van der Waals surface area (Å²) in [5.41, 5.74) is 2.47. The number of para-hydroxylation sites is 1. The lowest BCUT2D eigenvalue weighted by molar-refractivity contribution is 0.0657. The van der Waals surface area contributed by atoms with Crippen LogP contribution in [-0.4, -0.2) is 72.1 Å². The lowest BCUT2D eigenvalue weighted by Crippen LogP contribution is -2.47.